The van der Waals surface area contributed by atoms with Crippen LogP contribution in [0.5, 0.6) is 5.75 Å². The summed E-state index contributed by atoms with van der Waals surface area (Å²) in [6.45, 7) is 3.17. The van der Waals surface area contributed by atoms with Crippen molar-refractivity contribution < 1.29 is 22.3 Å². The normalized spacial score (nSPS) is 12.4. The first-order valence-electron chi connectivity index (χ1n) is 10.4. The molecule has 174 valence electrons. The Balaban J connectivity index is 1.89. The lowest BCUT2D eigenvalue weighted by Crippen LogP contribution is -2.41. The Morgan fingerprint density at radius 1 is 1.06 bits per heavy atom. The summed E-state index contributed by atoms with van der Waals surface area (Å²) in [6, 6.07) is 19.3. The maximum Gasteiger partial charge on any atom is 0.247 e. The smallest absolute Gasteiger partial charge is 0.247 e. The highest BCUT2D eigenvalue weighted by Gasteiger charge is 2.30. The minimum Gasteiger partial charge on any atom is -0.495 e. The van der Waals surface area contributed by atoms with Crippen LogP contribution in [0, 0.1) is 12.7 Å². The summed E-state index contributed by atoms with van der Waals surface area (Å²) in [6.07, 6.45) is 0. The molecule has 1 unspecified atom stereocenters. The maximum atomic E-state index is 13.6. The van der Waals surface area contributed by atoms with Gasteiger partial charge in [-0.1, -0.05) is 48.5 Å². The lowest BCUT2D eigenvalue weighted by Gasteiger charge is -2.24. The fraction of sp³-hybridized carbons (Fsp3) is 0.240. The fourth-order valence-electron chi connectivity index (χ4n) is 3.42. The fourth-order valence-corrected chi connectivity index (χ4v) is 5.04. The number of amides is 1. The monoisotopic (exact) mass is 470 g/mol. The van der Waals surface area contributed by atoms with Gasteiger partial charge in [-0.15, -0.1) is 0 Å². The van der Waals surface area contributed by atoms with Crippen molar-refractivity contribution in [2.45, 2.75) is 31.3 Å². The number of hydrogen-bond donors (Lipinski definition) is 1. The van der Waals surface area contributed by atoms with E-state index in [0.29, 0.717) is 5.56 Å². The Morgan fingerprint density at radius 3 is 2.36 bits per heavy atom. The summed E-state index contributed by atoms with van der Waals surface area (Å²) in [4.78, 5) is 12.9. The van der Waals surface area contributed by atoms with E-state index in [9.17, 15) is 17.6 Å². The molecule has 0 aliphatic carbocycles. The van der Waals surface area contributed by atoms with Gasteiger partial charge in [0.1, 0.15) is 16.5 Å². The molecular formula is C25H27FN2O4S. The predicted molar refractivity (Wildman–Crippen MR) is 125 cm³/mol. The van der Waals surface area contributed by atoms with Crippen LogP contribution in [0.1, 0.15) is 29.7 Å². The van der Waals surface area contributed by atoms with Gasteiger partial charge in [0.25, 0.3) is 0 Å². The second kappa shape index (κ2) is 10.6. The molecule has 1 N–H and O–H groups in total. The third-order valence-corrected chi connectivity index (χ3v) is 7.02. The molecular weight excluding hydrogens is 443 g/mol. The number of methoxy groups -OCH3 is 1. The van der Waals surface area contributed by atoms with Gasteiger partial charge in [-0.05, 0) is 54.8 Å². The number of nitrogens with one attached hydrogen (secondary N) is 1. The number of halogens is 1. The molecule has 0 aromatic heterocycles. The molecule has 3 aromatic rings. The van der Waals surface area contributed by atoms with Gasteiger partial charge in [-0.3, -0.25) is 4.79 Å². The minimum atomic E-state index is -4.07. The van der Waals surface area contributed by atoms with E-state index in [0.717, 1.165) is 15.4 Å². The van der Waals surface area contributed by atoms with Crippen molar-refractivity contribution in [2.75, 3.05) is 13.7 Å². The molecule has 0 spiro atoms. The zero-order valence-electron chi connectivity index (χ0n) is 18.8. The molecule has 33 heavy (non-hydrogen) atoms. The first-order chi connectivity index (χ1) is 15.7. The van der Waals surface area contributed by atoms with Crippen LogP contribution in [-0.2, 0) is 21.4 Å². The number of carbonyl (C=O) groups is 1. The molecule has 8 heteroatoms. The number of rotatable bonds is 9. The molecule has 1 atom stereocenters. The van der Waals surface area contributed by atoms with E-state index in [-0.39, 0.29) is 29.6 Å². The van der Waals surface area contributed by atoms with Crippen LogP contribution in [0.3, 0.4) is 0 Å². The summed E-state index contributed by atoms with van der Waals surface area (Å²) in [7, 11) is -2.66. The number of aryl methyl sites for hydroxylation is 1. The molecule has 1 amide bonds. The van der Waals surface area contributed by atoms with Gasteiger partial charge in [-0.2, -0.15) is 4.31 Å². The van der Waals surface area contributed by atoms with Gasteiger partial charge in [0.05, 0.1) is 19.7 Å². The van der Waals surface area contributed by atoms with Crippen LogP contribution in [0.15, 0.2) is 77.7 Å². The highest BCUT2D eigenvalue weighted by molar-refractivity contribution is 7.89. The second-order valence-electron chi connectivity index (χ2n) is 7.75. The zero-order chi connectivity index (χ0) is 24.0. The number of hydrogen-bond acceptors (Lipinski definition) is 4. The summed E-state index contributed by atoms with van der Waals surface area (Å²) < 4.78 is 46.9. The first-order valence-corrected chi connectivity index (χ1v) is 11.9. The predicted octanol–water partition coefficient (Wildman–Crippen LogP) is 4.21. The summed E-state index contributed by atoms with van der Waals surface area (Å²) in [5.41, 5.74) is 2.21. The van der Waals surface area contributed by atoms with E-state index < -0.39 is 22.0 Å². The van der Waals surface area contributed by atoms with Gasteiger partial charge in [0, 0.05) is 6.54 Å². The maximum absolute atomic E-state index is 13.6. The van der Waals surface area contributed by atoms with E-state index in [2.05, 4.69) is 5.32 Å². The van der Waals surface area contributed by atoms with Crippen molar-refractivity contribution in [3.63, 3.8) is 0 Å². The molecule has 3 rings (SSSR count). The van der Waals surface area contributed by atoms with Crippen LogP contribution >= 0.6 is 0 Å². The summed E-state index contributed by atoms with van der Waals surface area (Å²) >= 11 is 0. The standard InChI is InChI=1S/C25H27FN2O4S/c1-18-9-14-23(32-3)24(15-18)33(30,31)28(16-20-7-5-4-6-8-20)17-25(29)27-19(2)21-10-12-22(26)13-11-21/h4-15,19H,16-17H2,1-3H3,(H,27,29). The number of carbonyl (C=O) groups excluding carboxylic acids is 1. The lowest BCUT2D eigenvalue weighted by molar-refractivity contribution is -0.122. The molecule has 0 aliphatic rings. The highest BCUT2D eigenvalue weighted by Crippen LogP contribution is 2.28. The number of sulfonamides is 1. The van der Waals surface area contributed by atoms with Gasteiger partial charge in [0.15, 0.2) is 0 Å². The van der Waals surface area contributed by atoms with Crippen molar-refractivity contribution >= 4 is 15.9 Å². The largest absolute Gasteiger partial charge is 0.495 e. The highest BCUT2D eigenvalue weighted by atomic mass is 32.2. The average molecular weight is 471 g/mol. The molecule has 0 saturated heterocycles. The molecule has 0 radical (unpaired) electrons. The van der Waals surface area contributed by atoms with Gasteiger partial charge in [-0.25, -0.2) is 12.8 Å². The summed E-state index contributed by atoms with van der Waals surface area (Å²) in [5.74, 6) is -0.638. The van der Waals surface area contributed by atoms with Crippen LogP contribution in [0.25, 0.3) is 0 Å². The number of nitrogens with zero attached hydrogens (tertiary/aromatic N) is 1. The summed E-state index contributed by atoms with van der Waals surface area (Å²) in [5, 5.41) is 2.80. The van der Waals surface area contributed by atoms with Crippen LogP contribution in [-0.4, -0.2) is 32.3 Å². The molecule has 0 heterocycles. The Kier molecular flexibility index (Phi) is 7.84. The van der Waals surface area contributed by atoms with E-state index in [4.69, 9.17) is 4.74 Å². The van der Waals surface area contributed by atoms with Crippen molar-refractivity contribution in [2.24, 2.45) is 0 Å². The molecule has 0 fully saturated rings. The number of ether oxygens (including phenoxy) is 1. The molecule has 3 aromatic carbocycles. The zero-order valence-corrected chi connectivity index (χ0v) is 19.6. The van der Waals surface area contributed by atoms with Crippen LogP contribution < -0.4 is 10.1 Å². The van der Waals surface area contributed by atoms with Crippen LogP contribution in [0.2, 0.25) is 0 Å². The third-order valence-electron chi connectivity index (χ3n) is 5.21. The average Bonchev–Trinajstić information content (AvgIpc) is 2.79. The third kappa shape index (κ3) is 6.18. The van der Waals surface area contributed by atoms with Gasteiger partial charge >= 0.3 is 0 Å². The van der Waals surface area contributed by atoms with Gasteiger partial charge < -0.3 is 10.1 Å². The molecule has 0 aliphatic heterocycles. The Hall–Kier alpha value is -3.23. The lowest BCUT2D eigenvalue weighted by atomic mass is 10.1. The number of benzene rings is 3. The minimum absolute atomic E-state index is 0.000291. The quantitative estimate of drug-likeness (QED) is 0.508. The molecule has 6 nitrogen and oxygen atoms in total. The Morgan fingerprint density at radius 2 is 1.73 bits per heavy atom. The Bertz CT molecular complexity index is 1200. The van der Waals surface area contributed by atoms with Crippen molar-refractivity contribution in [1.29, 1.82) is 0 Å². The van der Waals surface area contributed by atoms with E-state index in [1.807, 2.05) is 18.2 Å². The Labute approximate surface area is 194 Å². The SMILES string of the molecule is COc1ccc(C)cc1S(=O)(=O)N(CC(=O)NC(C)c1ccc(F)cc1)Cc1ccccc1. The molecule has 0 bridgehead atoms. The van der Waals surface area contributed by atoms with Crippen molar-refractivity contribution in [3.05, 3.63) is 95.3 Å². The van der Waals surface area contributed by atoms with Crippen molar-refractivity contribution in [1.82, 2.24) is 9.62 Å². The van der Waals surface area contributed by atoms with E-state index >= 15 is 0 Å². The van der Waals surface area contributed by atoms with Crippen molar-refractivity contribution in [3.8, 4) is 5.75 Å². The van der Waals surface area contributed by atoms with E-state index in [1.54, 1.807) is 50.2 Å². The second-order valence-corrected chi connectivity index (χ2v) is 9.66. The first kappa shape index (κ1) is 24.4. The van der Waals surface area contributed by atoms with E-state index in [1.165, 1.54) is 25.3 Å². The van der Waals surface area contributed by atoms with Crippen LogP contribution in [0.4, 0.5) is 4.39 Å². The van der Waals surface area contributed by atoms with Gasteiger partial charge in [0.2, 0.25) is 15.9 Å². The topological polar surface area (TPSA) is 75.7 Å². The molecule has 0 saturated carbocycles.